The van der Waals surface area contributed by atoms with Crippen LogP contribution in [0, 0.1) is 17.0 Å². The zero-order valence-electron chi connectivity index (χ0n) is 19.1. The molecule has 0 heterocycles. The van der Waals surface area contributed by atoms with E-state index in [1.54, 1.807) is 31.2 Å². The van der Waals surface area contributed by atoms with Crippen LogP contribution >= 0.6 is 12.4 Å². The number of amidine groups is 1. The van der Waals surface area contributed by atoms with E-state index in [9.17, 15) is 13.6 Å². The summed E-state index contributed by atoms with van der Waals surface area (Å²) in [5, 5.41) is 10.4. The van der Waals surface area contributed by atoms with Gasteiger partial charge in [0.1, 0.15) is 34.7 Å². The fourth-order valence-electron chi connectivity index (χ4n) is 3.19. The van der Waals surface area contributed by atoms with E-state index in [0.717, 1.165) is 0 Å². The van der Waals surface area contributed by atoms with Crippen molar-refractivity contribution in [2.45, 2.75) is 19.6 Å². The number of carbonyl (C=O) groups excluding carboxylic acids is 1. The van der Waals surface area contributed by atoms with Crippen molar-refractivity contribution in [1.29, 1.82) is 5.41 Å². The topological polar surface area (TPSA) is 107 Å². The normalized spacial score (nSPS) is 11.2. The number of halogens is 3. The molecule has 0 radical (unpaired) electrons. The van der Waals surface area contributed by atoms with Crippen molar-refractivity contribution in [2.24, 2.45) is 5.73 Å². The molecule has 3 rings (SSSR count). The summed E-state index contributed by atoms with van der Waals surface area (Å²) in [4.78, 5) is 12.9. The zero-order chi connectivity index (χ0) is 24.7. The highest BCUT2D eigenvalue weighted by molar-refractivity contribution is 5.95. The Morgan fingerprint density at radius 2 is 1.74 bits per heavy atom. The molecule has 0 aromatic heterocycles. The summed E-state index contributed by atoms with van der Waals surface area (Å²) in [6.45, 7) is 1.92. The van der Waals surface area contributed by atoms with E-state index in [0.29, 0.717) is 28.4 Å². The number of rotatable bonds is 10. The molecule has 10 heteroatoms. The van der Waals surface area contributed by atoms with E-state index in [4.69, 9.17) is 25.4 Å². The summed E-state index contributed by atoms with van der Waals surface area (Å²) in [7, 11) is 1.42. The van der Waals surface area contributed by atoms with Gasteiger partial charge in [0, 0.05) is 35.9 Å². The first-order valence-corrected chi connectivity index (χ1v) is 10.5. The van der Waals surface area contributed by atoms with Crippen LogP contribution in [0.1, 0.15) is 29.7 Å². The predicted octanol–water partition coefficient (Wildman–Crippen LogP) is 4.87. The number of hydrogen-bond donors (Lipinski definition) is 3. The van der Waals surface area contributed by atoms with Crippen molar-refractivity contribution in [3.05, 3.63) is 89.0 Å². The van der Waals surface area contributed by atoms with Crippen LogP contribution in [0.3, 0.4) is 0 Å². The number of nitrogens with one attached hydrogen (secondary N) is 2. The number of hydrogen-bond acceptors (Lipinski definition) is 5. The highest BCUT2D eigenvalue weighted by atomic mass is 35.5. The number of benzene rings is 3. The molecular formula is C25H26ClF2N3O4. The molecule has 186 valence electrons. The fraction of sp³-hybridized carbons (Fsp3) is 0.200. The van der Waals surface area contributed by atoms with Crippen LogP contribution in [0.15, 0.2) is 60.7 Å². The number of amides is 1. The van der Waals surface area contributed by atoms with Crippen molar-refractivity contribution in [3.63, 3.8) is 0 Å². The molecule has 4 N–H and O–H groups in total. The number of methoxy groups -OCH3 is 1. The third-order valence-corrected chi connectivity index (χ3v) is 4.93. The maximum absolute atomic E-state index is 14.6. The maximum Gasteiger partial charge on any atom is 0.254 e. The van der Waals surface area contributed by atoms with Crippen LogP contribution in [-0.2, 0) is 16.1 Å². The quantitative estimate of drug-likeness (QED) is 0.269. The van der Waals surface area contributed by atoms with E-state index in [2.05, 4.69) is 5.32 Å². The zero-order valence-corrected chi connectivity index (χ0v) is 20.0. The lowest BCUT2D eigenvalue weighted by atomic mass is 10.1. The van der Waals surface area contributed by atoms with Gasteiger partial charge in [-0.1, -0.05) is 12.1 Å². The minimum atomic E-state index is -1.17. The summed E-state index contributed by atoms with van der Waals surface area (Å²) >= 11 is 0. The average molecular weight is 506 g/mol. The lowest BCUT2D eigenvalue weighted by Gasteiger charge is -2.19. The monoisotopic (exact) mass is 505 g/mol. The van der Waals surface area contributed by atoms with E-state index < -0.39 is 23.6 Å². The lowest BCUT2D eigenvalue weighted by Crippen LogP contribution is -2.31. The molecule has 1 amide bonds. The molecule has 0 aliphatic carbocycles. The van der Waals surface area contributed by atoms with Crippen LogP contribution in [0.2, 0.25) is 0 Å². The number of carbonyl (C=O) groups is 1. The van der Waals surface area contributed by atoms with Crippen LogP contribution in [0.5, 0.6) is 17.2 Å². The summed E-state index contributed by atoms with van der Waals surface area (Å²) in [6.07, 6.45) is -1.17. The van der Waals surface area contributed by atoms with Gasteiger partial charge in [-0.15, -0.1) is 12.4 Å². The summed E-state index contributed by atoms with van der Waals surface area (Å²) in [5.41, 5.74) is 6.65. The Bertz CT molecular complexity index is 1180. The molecule has 3 aromatic carbocycles. The van der Waals surface area contributed by atoms with Crippen LogP contribution < -0.4 is 20.5 Å². The second kappa shape index (κ2) is 12.7. The molecule has 0 spiro atoms. The molecule has 7 nitrogen and oxygen atoms in total. The average Bonchev–Trinajstić information content (AvgIpc) is 2.83. The predicted molar refractivity (Wildman–Crippen MR) is 130 cm³/mol. The smallest absolute Gasteiger partial charge is 0.254 e. The summed E-state index contributed by atoms with van der Waals surface area (Å²) < 4.78 is 44.2. The standard InChI is InChI=1S/C25H25F2N3O4.ClH/c1-3-33-23(20-11-10-19(32-2)13-21(20)27)25(31)30-14-16-5-4-15(24(28)29)12-22(16)34-18-8-6-17(26)7-9-18;/h4-13,23H,3,14H2,1-2H3,(H3,28,29)(H,30,31);1H/t23-;/m0./s1. The van der Waals surface area contributed by atoms with Crippen molar-refractivity contribution < 1.29 is 27.8 Å². The molecule has 0 aliphatic rings. The van der Waals surface area contributed by atoms with E-state index >= 15 is 0 Å². The molecule has 3 aromatic rings. The largest absolute Gasteiger partial charge is 0.497 e. The Balaban J connectivity index is 0.00000432. The molecule has 0 saturated carbocycles. The highest BCUT2D eigenvalue weighted by Gasteiger charge is 2.25. The van der Waals surface area contributed by atoms with Gasteiger partial charge in [-0.05, 0) is 49.4 Å². The molecule has 0 fully saturated rings. The Labute approximate surface area is 208 Å². The van der Waals surface area contributed by atoms with Gasteiger partial charge in [0.15, 0.2) is 6.10 Å². The molecule has 0 saturated heterocycles. The van der Waals surface area contributed by atoms with Gasteiger partial charge in [0.25, 0.3) is 5.91 Å². The second-order valence-electron chi connectivity index (χ2n) is 7.23. The first-order chi connectivity index (χ1) is 16.3. The van der Waals surface area contributed by atoms with Crippen molar-refractivity contribution in [1.82, 2.24) is 5.32 Å². The third-order valence-electron chi connectivity index (χ3n) is 4.93. The van der Waals surface area contributed by atoms with Gasteiger partial charge < -0.3 is 25.3 Å². The van der Waals surface area contributed by atoms with E-state index in [1.165, 1.54) is 43.5 Å². The Morgan fingerprint density at radius 1 is 1.06 bits per heavy atom. The summed E-state index contributed by atoms with van der Waals surface area (Å²) in [5.74, 6) is -0.736. The van der Waals surface area contributed by atoms with E-state index in [1.807, 2.05) is 0 Å². The van der Waals surface area contributed by atoms with Crippen molar-refractivity contribution in [2.75, 3.05) is 13.7 Å². The van der Waals surface area contributed by atoms with Gasteiger partial charge in [-0.25, -0.2) is 8.78 Å². The number of nitrogens with two attached hydrogens (primary N) is 1. The van der Waals surface area contributed by atoms with Gasteiger partial charge in [-0.3, -0.25) is 10.2 Å². The summed E-state index contributed by atoms with van der Waals surface area (Å²) in [6, 6.07) is 14.4. The van der Waals surface area contributed by atoms with Crippen LogP contribution in [0.4, 0.5) is 8.78 Å². The van der Waals surface area contributed by atoms with Gasteiger partial charge in [0.2, 0.25) is 0 Å². The van der Waals surface area contributed by atoms with Crippen LogP contribution in [0.25, 0.3) is 0 Å². The molecule has 0 bridgehead atoms. The Hall–Kier alpha value is -3.69. The molecule has 0 unspecified atom stereocenters. The molecule has 0 aliphatic heterocycles. The first kappa shape index (κ1) is 27.6. The SMILES string of the molecule is CCO[C@H](C(=O)NCc1ccc(C(=N)N)cc1Oc1ccc(F)cc1)c1ccc(OC)cc1F.Cl. The van der Waals surface area contributed by atoms with Crippen molar-refractivity contribution >= 4 is 24.1 Å². The minimum absolute atomic E-state index is 0. The number of ether oxygens (including phenoxy) is 3. The first-order valence-electron chi connectivity index (χ1n) is 10.5. The molecular weight excluding hydrogens is 480 g/mol. The highest BCUT2D eigenvalue weighted by Crippen LogP contribution is 2.28. The van der Waals surface area contributed by atoms with Gasteiger partial charge in [-0.2, -0.15) is 0 Å². The van der Waals surface area contributed by atoms with Gasteiger partial charge in [0.05, 0.1) is 7.11 Å². The number of nitrogen functional groups attached to an aromatic ring is 1. The molecule has 1 atom stereocenters. The third kappa shape index (κ3) is 7.14. The Kier molecular flexibility index (Phi) is 9.98. The van der Waals surface area contributed by atoms with Gasteiger partial charge >= 0.3 is 0 Å². The lowest BCUT2D eigenvalue weighted by molar-refractivity contribution is -0.133. The van der Waals surface area contributed by atoms with E-state index in [-0.39, 0.29) is 37.0 Å². The fourth-order valence-corrected chi connectivity index (χ4v) is 3.19. The maximum atomic E-state index is 14.6. The second-order valence-corrected chi connectivity index (χ2v) is 7.23. The van der Waals surface area contributed by atoms with Crippen molar-refractivity contribution in [3.8, 4) is 17.2 Å². The molecule has 35 heavy (non-hydrogen) atoms. The Morgan fingerprint density at radius 3 is 2.34 bits per heavy atom. The minimum Gasteiger partial charge on any atom is -0.497 e. The van der Waals surface area contributed by atoms with Crippen LogP contribution in [-0.4, -0.2) is 25.5 Å².